The summed E-state index contributed by atoms with van der Waals surface area (Å²) in [4.78, 5) is 45.9. The van der Waals surface area contributed by atoms with Crippen LogP contribution in [0.1, 0.15) is 58.6 Å². The van der Waals surface area contributed by atoms with Crippen LogP contribution < -0.4 is 0 Å². The number of aliphatic hydroxyl groups is 1. The maximum atomic E-state index is 14.6. The van der Waals surface area contributed by atoms with Crippen LogP contribution in [0.2, 0.25) is 0 Å². The van der Waals surface area contributed by atoms with Crippen molar-refractivity contribution in [1.29, 1.82) is 0 Å². The Bertz CT molecular complexity index is 1110. The van der Waals surface area contributed by atoms with Crippen LogP contribution in [0.4, 0.5) is 0 Å². The summed E-state index contributed by atoms with van der Waals surface area (Å²) in [6.45, 7) is 15.4. The van der Waals surface area contributed by atoms with Crippen LogP contribution in [-0.2, 0) is 23.9 Å². The van der Waals surface area contributed by atoms with Crippen molar-refractivity contribution in [2.24, 2.45) is 17.8 Å². The maximum Gasteiger partial charge on any atom is 0.313 e. The van der Waals surface area contributed by atoms with Crippen LogP contribution in [0.5, 0.6) is 0 Å². The highest BCUT2D eigenvalue weighted by Gasteiger charge is 2.81. The number of likely N-dealkylation sites (tertiary alicyclic amines) is 1. The number of fused-ring (bicyclic) bond motifs is 1. The van der Waals surface area contributed by atoms with Gasteiger partial charge in [-0.3, -0.25) is 14.4 Å². The quantitative estimate of drug-likeness (QED) is 0.322. The summed E-state index contributed by atoms with van der Waals surface area (Å²) in [6.07, 6.45) is 5.28. The molecule has 1 aromatic rings. The van der Waals surface area contributed by atoms with Crippen molar-refractivity contribution in [3.63, 3.8) is 0 Å². The number of aliphatic hydroxyl groups excluding tert-OH is 1. The standard InChI is InChI=1S/C31H42N2O6/c1-7-13-21(5)32(16-8-2)28(36)26-31-18-20(4)30(6,39-31)25(29(37)38-17-9-3)24(31)27(35)33(26)23(19-34)22-14-11-10-12-15-22/h8-12,14-15,20-21,23-26,34H,2-3,7,13,16-19H2,1,4-6H3/t20?,21?,23-,24+,25-,26?,30+,31?/m1/s1. The second-order valence-corrected chi connectivity index (χ2v) is 11.4. The molecule has 8 atom stereocenters. The van der Waals surface area contributed by atoms with Gasteiger partial charge in [-0.1, -0.05) is 69.3 Å². The van der Waals surface area contributed by atoms with E-state index in [1.165, 1.54) is 11.0 Å². The fourth-order valence-corrected chi connectivity index (χ4v) is 7.27. The summed E-state index contributed by atoms with van der Waals surface area (Å²) in [5.74, 6) is -3.05. The molecule has 3 fully saturated rings. The molecule has 39 heavy (non-hydrogen) atoms. The van der Waals surface area contributed by atoms with E-state index in [2.05, 4.69) is 20.1 Å². The van der Waals surface area contributed by atoms with E-state index in [9.17, 15) is 19.5 Å². The molecule has 0 aliphatic carbocycles. The van der Waals surface area contributed by atoms with Gasteiger partial charge in [0, 0.05) is 12.6 Å². The largest absolute Gasteiger partial charge is 0.461 e. The minimum Gasteiger partial charge on any atom is -0.461 e. The van der Waals surface area contributed by atoms with E-state index >= 15 is 0 Å². The molecular weight excluding hydrogens is 496 g/mol. The molecule has 1 spiro atoms. The summed E-state index contributed by atoms with van der Waals surface area (Å²) in [5, 5.41) is 10.6. The molecule has 8 nitrogen and oxygen atoms in total. The maximum absolute atomic E-state index is 14.6. The third-order valence-corrected chi connectivity index (χ3v) is 9.12. The second kappa shape index (κ2) is 11.3. The minimum atomic E-state index is -1.23. The number of carbonyl (C=O) groups is 3. The van der Waals surface area contributed by atoms with Crippen molar-refractivity contribution in [2.45, 2.75) is 76.3 Å². The van der Waals surface area contributed by atoms with Gasteiger partial charge in [0.05, 0.1) is 24.2 Å². The average Bonchev–Trinajstić information content (AvgIpc) is 3.43. The molecule has 0 aromatic heterocycles. The lowest BCUT2D eigenvalue weighted by Crippen LogP contribution is -2.58. The Morgan fingerprint density at radius 3 is 2.56 bits per heavy atom. The zero-order valence-corrected chi connectivity index (χ0v) is 23.5. The summed E-state index contributed by atoms with van der Waals surface area (Å²) < 4.78 is 12.3. The van der Waals surface area contributed by atoms with Crippen LogP contribution in [0.15, 0.2) is 55.6 Å². The van der Waals surface area contributed by atoms with Crippen LogP contribution >= 0.6 is 0 Å². The fraction of sp³-hybridized carbons (Fsp3) is 0.581. The molecule has 4 unspecified atom stereocenters. The predicted octanol–water partition coefficient (Wildman–Crippen LogP) is 3.66. The topological polar surface area (TPSA) is 96.4 Å². The highest BCUT2D eigenvalue weighted by atomic mass is 16.6. The second-order valence-electron chi connectivity index (χ2n) is 11.4. The summed E-state index contributed by atoms with van der Waals surface area (Å²) in [5.41, 5.74) is -1.49. The van der Waals surface area contributed by atoms with Crippen molar-refractivity contribution in [1.82, 2.24) is 9.80 Å². The van der Waals surface area contributed by atoms with Gasteiger partial charge in [-0.05, 0) is 38.2 Å². The van der Waals surface area contributed by atoms with Crippen molar-refractivity contribution >= 4 is 17.8 Å². The average molecular weight is 539 g/mol. The first-order valence-corrected chi connectivity index (χ1v) is 14.0. The van der Waals surface area contributed by atoms with Crippen molar-refractivity contribution in [2.75, 3.05) is 19.8 Å². The highest BCUT2D eigenvalue weighted by Crippen LogP contribution is 2.66. The van der Waals surface area contributed by atoms with Gasteiger partial charge in [-0.25, -0.2) is 0 Å². The van der Waals surface area contributed by atoms with Crippen LogP contribution in [0, 0.1) is 17.8 Å². The van der Waals surface area contributed by atoms with E-state index in [-0.39, 0.29) is 37.0 Å². The molecule has 3 aliphatic rings. The Kier molecular flexibility index (Phi) is 8.38. The summed E-state index contributed by atoms with van der Waals surface area (Å²) in [7, 11) is 0. The van der Waals surface area contributed by atoms with Crippen molar-refractivity contribution in [3.05, 3.63) is 61.2 Å². The number of hydrogen-bond donors (Lipinski definition) is 1. The molecule has 3 aliphatic heterocycles. The van der Waals surface area contributed by atoms with E-state index in [0.29, 0.717) is 18.5 Å². The zero-order valence-electron chi connectivity index (χ0n) is 23.5. The lowest BCUT2D eigenvalue weighted by atomic mass is 9.62. The van der Waals surface area contributed by atoms with Crippen LogP contribution in [0.3, 0.4) is 0 Å². The Hall–Kier alpha value is -2.97. The van der Waals surface area contributed by atoms with Gasteiger partial charge in [0.1, 0.15) is 24.2 Å². The number of benzene rings is 1. The van der Waals surface area contributed by atoms with E-state index in [1.54, 1.807) is 11.0 Å². The number of hydrogen-bond acceptors (Lipinski definition) is 6. The van der Waals surface area contributed by atoms with Crippen LogP contribution in [0.25, 0.3) is 0 Å². The summed E-state index contributed by atoms with van der Waals surface area (Å²) in [6, 6.07) is 7.30. The molecule has 0 radical (unpaired) electrons. The SMILES string of the molecule is C=CCOC(=O)[C@H]1[C@H]2C(=O)N([C@H](CO)c3ccccc3)C(C(=O)N(CC=C)C(C)CCC)C23CC(C)[C@]1(C)O3. The monoisotopic (exact) mass is 538 g/mol. The van der Waals surface area contributed by atoms with Gasteiger partial charge >= 0.3 is 5.97 Å². The number of ether oxygens (including phenoxy) is 2. The third-order valence-electron chi connectivity index (χ3n) is 9.12. The third kappa shape index (κ3) is 4.51. The Balaban J connectivity index is 1.89. The smallest absolute Gasteiger partial charge is 0.313 e. The Morgan fingerprint density at radius 1 is 1.28 bits per heavy atom. The molecule has 3 heterocycles. The van der Waals surface area contributed by atoms with Gasteiger partial charge in [0.15, 0.2) is 0 Å². The Morgan fingerprint density at radius 2 is 1.97 bits per heavy atom. The number of amides is 2. The molecule has 8 heteroatoms. The van der Waals surface area contributed by atoms with E-state index in [0.717, 1.165) is 12.8 Å². The molecule has 3 saturated heterocycles. The minimum absolute atomic E-state index is 0.0186. The lowest BCUT2D eigenvalue weighted by Gasteiger charge is -2.41. The van der Waals surface area contributed by atoms with E-state index < -0.39 is 41.1 Å². The number of esters is 1. The summed E-state index contributed by atoms with van der Waals surface area (Å²) >= 11 is 0. The van der Waals surface area contributed by atoms with Gasteiger partial charge in [-0.15, -0.1) is 6.58 Å². The van der Waals surface area contributed by atoms with Gasteiger partial charge in [-0.2, -0.15) is 0 Å². The molecule has 1 aromatic carbocycles. The van der Waals surface area contributed by atoms with Gasteiger partial charge < -0.3 is 24.4 Å². The number of rotatable bonds is 12. The van der Waals surface area contributed by atoms with E-state index in [4.69, 9.17) is 9.47 Å². The van der Waals surface area contributed by atoms with Gasteiger partial charge in [0.25, 0.3) is 0 Å². The molecule has 2 bridgehead atoms. The van der Waals surface area contributed by atoms with Crippen molar-refractivity contribution < 1.29 is 29.0 Å². The molecule has 2 amide bonds. The molecular formula is C31H42N2O6. The predicted molar refractivity (Wildman–Crippen MR) is 147 cm³/mol. The molecule has 0 saturated carbocycles. The molecule has 4 rings (SSSR count). The first-order chi connectivity index (χ1) is 18.6. The first kappa shape index (κ1) is 29.0. The normalized spacial score (nSPS) is 32.4. The van der Waals surface area contributed by atoms with Crippen LogP contribution in [-0.4, -0.2) is 75.7 Å². The zero-order chi connectivity index (χ0) is 28.5. The van der Waals surface area contributed by atoms with Gasteiger partial charge in [0.2, 0.25) is 11.8 Å². The number of nitrogens with zero attached hydrogens (tertiary/aromatic N) is 2. The number of carbonyl (C=O) groups excluding carboxylic acids is 3. The fourth-order valence-electron chi connectivity index (χ4n) is 7.27. The molecule has 1 N–H and O–H groups in total. The molecule has 212 valence electrons. The van der Waals surface area contributed by atoms with E-state index in [1.807, 2.05) is 51.1 Å². The highest BCUT2D eigenvalue weighted by molar-refractivity contribution is 5.99. The Labute approximate surface area is 231 Å². The van der Waals surface area contributed by atoms with Crippen molar-refractivity contribution in [3.8, 4) is 0 Å². The first-order valence-electron chi connectivity index (χ1n) is 14.0. The lowest BCUT2D eigenvalue weighted by molar-refractivity contribution is -0.163.